The number of aromatic amines is 1. The fourth-order valence-corrected chi connectivity index (χ4v) is 3.82. The first-order chi connectivity index (χ1) is 11.3. The Morgan fingerprint density at radius 3 is 2.91 bits per heavy atom. The van der Waals surface area contributed by atoms with E-state index in [0.29, 0.717) is 0 Å². The molecule has 2 aromatic rings. The molecule has 2 aliphatic rings. The second kappa shape index (κ2) is 6.63. The molecule has 1 aromatic heterocycles. The standard InChI is InChI=1S/C18H23ClN4/c19-15-5-3-14(4-6-15)18-21-16-7-9-23(12-17(16)22-18)11-13-2-1-8-20-10-13/h3-6,13,20H,1-2,7-12H2,(H,21,22). The summed E-state index contributed by atoms with van der Waals surface area (Å²) in [5, 5.41) is 4.28. The summed E-state index contributed by atoms with van der Waals surface area (Å²) in [6.45, 7) is 5.66. The number of piperidine rings is 1. The molecule has 2 aliphatic heterocycles. The highest BCUT2D eigenvalue weighted by Crippen LogP contribution is 2.25. The van der Waals surface area contributed by atoms with Crippen LogP contribution >= 0.6 is 11.6 Å². The van der Waals surface area contributed by atoms with Crippen molar-refractivity contribution in [1.29, 1.82) is 0 Å². The first kappa shape index (κ1) is 15.2. The fraction of sp³-hybridized carbons (Fsp3) is 0.500. The minimum Gasteiger partial charge on any atom is -0.341 e. The van der Waals surface area contributed by atoms with Gasteiger partial charge in [0.2, 0.25) is 0 Å². The van der Waals surface area contributed by atoms with Crippen LogP contribution in [0.1, 0.15) is 24.2 Å². The van der Waals surface area contributed by atoms with Crippen LogP contribution in [0.4, 0.5) is 0 Å². The van der Waals surface area contributed by atoms with Gasteiger partial charge < -0.3 is 10.3 Å². The molecule has 2 N–H and O–H groups in total. The summed E-state index contributed by atoms with van der Waals surface area (Å²) in [4.78, 5) is 10.9. The summed E-state index contributed by atoms with van der Waals surface area (Å²) in [6.07, 6.45) is 3.71. The van der Waals surface area contributed by atoms with Crippen LogP contribution in [0.5, 0.6) is 0 Å². The monoisotopic (exact) mass is 330 g/mol. The van der Waals surface area contributed by atoms with E-state index in [1.807, 2.05) is 24.3 Å². The van der Waals surface area contributed by atoms with E-state index in [1.165, 1.54) is 43.9 Å². The third-order valence-electron chi connectivity index (χ3n) is 4.94. The Hall–Kier alpha value is -1.36. The van der Waals surface area contributed by atoms with Gasteiger partial charge in [0.1, 0.15) is 5.82 Å². The number of hydrogen-bond donors (Lipinski definition) is 2. The molecule has 23 heavy (non-hydrogen) atoms. The van der Waals surface area contributed by atoms with E-state index in [9.17, 15) is 0 Å². The van der Waals surface area contributed by atoms with Crippen LogP contribution in [-0.2, 0) is 13.0 Å². The molecule has 0 spiro atoms. The number of hydrogen-bond acceptors (Lipinski definition) is 3. The summed E-state index contributed by atoms with van der Waals surface area (Å²) >= 11 is 5.97. The summed E-state index contributed by atoms with van der Waals surface area (Å²) in [5.74, 6) is 1.76. The minimum absolute atomic E-state index is 0.761. The predicted molar refractivity (Wildman–Crippen MR) is 93.6 cm³/mol. The van der Waals surface area contributed by atoms with Gasteiger partial charge in [-0.05, 0) is 56.1 Å². The lowest BCUT2D eigenvalue weighted by Crippen LogP contribution is -2.40. The van der Waals surface area contributed by atoms with Crippen molar-refractivity contribution >= 4 is 11.6 Å². The van der Waals surface area contributed by atoms with Gasteiger partial charge in [0.05, 0.1) is 11.4 Å². The quantitative estimate of drug-likeness (QED) is 0.909. The van der Waals surface area contributed by atoms with Gasteiger partial charge in [-0.3, -0.25) is 4.90 Å². The summed E-state index contributed by atoms with van der Waals surface area (Å²) in [7, 11) is 0. The SMILES string of the molecule is Clc1ccc(-c2nc3c([nH]2)CN(CC2CCCNC2)CC3)cc1. The van der Waals surface area contributed by atoms with Crippen LogP contribution in [0.25, 0.3) is 11.4 Å². The van der Waals surface area contributed by atoms with Crippen LogP contribution in [0.3, 0.4) is 0 Å². The molecule has 3 heterocycles. The third-order valence-corrected chi connectivity index (χ3v) is 5.20. The maximum absolute atomic E-state index is 5.97. The Morgan fingerprint density at radius 2 is 2.13 bits per heavy atom. The average molecular weight is 331 g/mol. The molecule has 0 saturated carbocycles. The van der Waals surface area contributed by atoms with Crippen LogP contribution in [0.15, 0.2) is 24.3 Å². The molecule has 0 aliphatic carbocycles. The van der Waals surface area contributed by atoms with Crippen LogP contribution < -0.4 is 5.32 Å². The van der Waals surface area contributed by atoms with Crippen LogP contribution in [0, 0.1) is 5.92 Å². The Balaban J connectivity index is 1.46. The molecular formula is C18H23ClN4. The van der Waals surface area contributed by atoms with Gasteiger partial charge in [-0.2, -0.15) is 0 Å². The van der Waals surface area contributed by atoms with Gasteiger partial charge >= 0.3 is 0 Å². The number of fused-ring (bicyclic) bond motifs is 1. The average Bonchev–Trinajstić information content (AvgIpc) is 3.00. The second-order valence-electron chi connectivity index (χ2n) is 6.72. The lowest BCUT2D eigenvalue weighted by Gasteiger charge is -2.32. The van der Waals surface area contributed by atoms with Gasteiger partial charge in [0, 0.05) is 36.6 Å². The molecule has 5 heteroatoms. The normalized spacial score (nSPS) is 22.0. The topological polar surface area (TPSA) is 44.0 Å². The Morgan fingerprint density at radius 1 is 1.26 bits per heavy atom. The zero-order valence-corrected chi connectivity index (χ0v) is 14.1. The second-order valence-corrected chi connectivity index (χ2v) is 7.15. The van der Waals surface area contributed by atoms with Crippen molar-refractivity contribution in [2.24, 2.45) is 5.92 Å². The van der Waals surface area contributed by atoms with Crippen LogP contribution in [0.2, 0.25) is 5.02 Å². The zero-order valence-electron chi connectivity index (χ0n) is 13.3. The molecule has 4 rings (SSSR count). The maximum atomic E-state index is 5.97. The van der Waals surface area contributed by atoms with Crippen molar-refractivity contribution in [2.45, 2.75) is 25.8 Å². The van der Waals surface area contributed by atoms with E-state index in [4.69, 9.17) is 16.6 Å². The number of rotatable bonds is 3. The Labute approximate surface area is 142 Å². The lowest BCUT2D eigenvalue weighted by atomic mass is 9.98. The van der Waals surface area contributed by atoms with Crippen molar-refractivity contribution in [3.8, 4) is 11.4 Å². The van der Waals surface area contributed by atoms with Gasteiger partial charge in [-0.1, -0.05) is 11.6 Å². The first-order valence-corrected chi connectivity index (χ1v) is 8.92. The highest BCUT2D eigenvalue weighted by atomic mass is 35.5. The van der Waals surface area contributed by atoms with Gasteiger partial charge in [-0.15, -0.1) is 0 Å². The molecular weight excluding hydrogens is 308 g/mol. The van der Waals surface area contributed by atoms with E-state index in [2.05, 4.69) is 15.2 Å². The maximum Gasteiger partial charge on any atom is 0.137 e. The molecule has 0 bridgehead atoms. The van der Waals surface area contributed by atoms with Crippen molar-refractivity contribution in [3.63, 3.8) is 0 Å². The van der Waals surface area contributed by atoms with Gasteiger partial charge in [-0.25, -0.2) is 4.98 Å². The van der Waals surface area contributed by atoms with Gasteiger partial charge in [0.25, 0.3) is 0 Å². The molecule has 122 valence electrons. The molecule has 1 saturated heterocycles. The lowest BCUT2D eigenvalue weighted by molar-refractivity contribution is 0.191. The summed E-state index contributed by atoms with van der Waals surface area (Å²) in [6, 6.07) is 7.89. The van der Waals surface area contributed by atoms with Crippen molar-refractivity contribution in [3.05, 3.63) is 40.7 Å². The molecule has 4 nitrogen and oxygen atoms in total. The number of H-pyrrole nitrogens is 1. The predicted octanol–water partition coefficient (Wildman–Crippen LogP) is 3.09. The molecule has 1 unspecified atom stereocenters. The number of aromatic nitrogens is 2. The highest BCUT2D eigenvalue weighted by Gasteiger charge is 2.23. The van der Waals surface area contributed by atoms with Crippen molar-refractivity contribution in [2.75, 3.05) is 26.2 Å². The third kappa shape index (κ3) is 3.44. The molecule has 1 aromatic carbocycles. The number of halogens is 1. The minimum atomic E-state index is 0.761. The zero-order chi connectivity index (χ0) is 15.6. The highest BCUT2D eigenvalue weighted by molar-refractivity contribution is 6.30. The van der Waals surface area contributed by atoms with Crippen molar-refractivity contribution in [1.82, 2.24) is 20.2 Å². The molecule has 0 amide bonds. The fourth-order valence-electron chi connectivity index (χ4n) is 3.69. The summed E-state index contributed by atoms with van der Waals surface area (Å²) in [5.41, 5.74) is 3.62. The Kier molecular flexibility index (Phi) is 4.38. The number of nitrogens with zero attached hydrogens (tertiary/aromatic N) is 2. The molecule has 1 fully saturated rings. The van der Waals surface area contributed by atoms with E-state index < -0.39 is 0 Å². The van der Waals surface area contributed by atoms with Crippen molar-refractivity contribution < 1.29 is 0 Å². The smallest absolute Gasteiger partial charge is 0.137 e. The van der Waals surface area contributed by atoms with E-state index in [0.717, 1.165) is 41.8 Å². The number of imidazole rings is 1. The van der Waals surface area contributed by atoms with Gasteiger partial charge in [0.15, 0.2) is 0 Å². The van der Waals surface area contributed by atoms with Crippen LogP contribution in [-0.4, -0.2) is 41.0 Å². The molecule has 0 radical (unpaired) electrons. The van der Waals surface area contributed by atoms with E-state index in [-0.39, 0.29) is 0 Å². The van der Waals surface area contributed by atoms with E-state index in [1.54, 1.807) is 0 Å². The van der Waals surface area contributed by atoms with E-state index >= 15 is 0 Å². The first-order valence-electron chi connectivity index (χ1n) is 8.55. The molecule has 1 atom stereocenters. The summed E-state index contributed by atoms with van der Waals surface area (Å²) < 4.78 is 0. The number of nitrogens with one attached hydrogen (secondary N) is 2. The Bertz CT molecular complexity index is 658. The number of benzene rings is 1. The largest absolute Gasteiger partial charge is 0.341 e.